The number of hydrogen-bond donors (Lipinski definition) is 0. The highest BCUT2D eigenvalue weighted by atomic mass is 19.4. The van der Waals surface area contributed by atoms with Crippen LogP contribution in [0.5, 0.6) is 6.01 Å². The standard InChI is InChI=1S/C21H20F3N5O2/c1-3-29(14(2)13-31-20-27-11-15(12-28-20)21(22,23)24)19(30)17-8-5-4-7-16(17)18-25-9-6-10-26-18/h4-12,14H,3,13H2,1-2H3/t14-/m0/s1. The molecule has 10 heteroatoms. The fourth-order valence-electron chi connectivity index (χ4n) is 2.94. The highest BCUT2D eigenvalue weighted by Gasteiger charge is 2.31. The van der Waals surface area contributed by atoms with Gasteiger partial charge >= 0.3 is 12.2 Å². The Morgan fingerprint density at radius 1 is 1.06 bits per heavy atom. The molecule has 0 saturated carbocycles. The Hall–Kier alpha value is -3.56. The van der Waals surface area contributed by atoms with Crippen molar-refractivity contribution in [1.82, 2.24) is 24.8 Å². The van der Waals surface area contributed by atoms with Gasteiger partial charge in [0.25, 0.3) is 5.91 Å². The second-order valence-corrected chi connectivity index (χ2v) is 6.62. The van der Waals surface area contributed by atoms with Gasteiger partial charge in [-0.3, -0.25) is 4.79 Å². The summed E-state index contributed by atoms with van der Waals surface area (Å²) in [6.07, 6.45) is -0.00574. The van der Waals surface area contributed by atoms with Gasteiger partial charge in [-0.15, -0.1) is 0 Å². The number of aromatic nitrogens is 4. The van der Waals surface area contributed by atoms with Crippen molar-refractivity contribution in [3.63, 3.8) is 0 Å². The molecule has 1 amide bonds. The smallest absolute Gasteiger partial charge is 0.419 e. The third-order valence-electron chi connectivity index (χ3n) is 4.51. The van der Waals surface area contributed by atoms with Crippen molar-refractivity contribution in [2.45, 2.75) is 26.1 Å². The van der Waals surface area contributed by atoms with Gasteiger partial charge in [0.1, 0.15) is 6.61 Å². The maximum Gasteiger partial charge on any atom is 0.419 e. The number of benzene rings is 1. The summed E-state index contributed by atoms with van der Waals surface area (Å²) in [5.74, 6) is 0.194. The third-order valence-corrected chi connectivity index (χ3v) is 4.51. The lowest BCUT2D eigenvalue weighted by Gasteiger charge is -2.28. The van der Waals surface area contributed by atoms with Gasteiger partial charge in [-0.05, 0) is 26.0 Å². The number of carbonyl (C=O) groups excluding carboxylic acids is 1. The average molecular weight is 431 g/mol. The number of rotatable bonds is 7. The Morgan fingerprint density at radius 2 is 1.71 bits per heavy atom. The van der Waals surface area contributed by atoms with Gasteiger partial charge in [0.2, 0.25) is 0 Å². The Balaban J connectivity index is 1.73. The van der Waals surface area contributed by atoms with Crippen LogP contribution in [0.25, 0.3) is 11.4 Å². The van der Waals surface area contributed by atoms with E-state index in [1.807, 2.05) is 6.92 Å². The average Bonchev–Trinajstić information content (AvgIpc) is 2.78. The monoisotopic (exact) mass is 431 g/mol. The number of nitrogens with zero attached hydrogens (tertiary/aromatic N) is 5. The second-order valence-electron chi connectivity index (χ2n) is 6.62. The fraction of sp³-hybridized carbons (Fsp3) is 0.286. The molecule has 0 unspecified atom stereocenters. The summed E-state index contributed by atoms with van der Waals surface area (Å²) >= 11 is 0. The van der Waals surface area contributed by atoms with Crippen molar-refractivity contribution < 1.29 is 22.7 Å². The van der Waals surface area contributed by atoms with Crippen LogP contribution in [0.3, 0.4) is 0 Å². The van der Waals surface area contributed by atoms with Crippen molar-refractivity contribution >= 4 is 5.91 Å². The first-order chi connectivity index (χ1) is 14.8. The van der Waals surface area contributed by atoms with Crippen LogP contribution in [0.15, 0.2) is 55.1 Å². The third kappa shape index (κ3) is 5.33. The minimum absolute atomic E-state index is 0.00888. The number of hydrogen-bond acceptors (Lipinski definition) is 6. The van der Waals surface area contributed by atoms with Gasteiger partial charge in [0.05, 0.1) is 17.2 Å². The van der Waals surface area contributed by atoms with Gasteiger partial charge in [-0.2, -0.15) is 13.2 Å². The lowest BCUT2D eigenvalue weighted by molar-refractivity contribution is -0.138. The van der Waals surface area contributed by atoms with Crippen LogP contribution in [0.2, 0.25) is 0 Å². The zero-order valence-corrected chi connectivity index (χ0v) is 16.9. The number of ether oxygens (including phenoxy) is 1. The van der Waals surface area contributed by atoms with E-state index in [9.17, 15) is 18.0 Å². The summed E-state index contributed by atoms with van der Waals surface area (Å²) in [6.45, 7) is 3.99. The van der Waals surface area contributed by atoms with E-state index in [1.165, 1.54) is 0 Å². The second kappa shape index (κ2) is 9.50. The molecule has 1 atom stereocenters. The van der Waals surface area contributed by atoms with E-state index in [-0.39, 0.29) is 18.5 Å². The Bertz CT molecular complexity index is 1010. The molecule has 0 N–H and O–H groups in total. The Morgan fingerprint density at radius 3 is 2.32 bits per heavy atom. The summed E-state index contributed by atoms with van der Waals surface area (Å²) in [4.78, 5) is 30.4. The summed E-state index contributed by atoms with van der Waals surface area (Å²) in [7, 11) is 0. The van der Waals surface area contributed by atoms with Gasteiger partial charge in [-0.1, -0.05) is 18.2 Å². The van der Waals surface area contributed by atoms with Crippen LogP contribution in [0, 0.1) is 0 Å². The largest absolute Gasteiger partial charge is 0.461 e. The molecule has 0 spiro atoms. The molecule has 31 heavy (non-hydrogen) atoms. The Labute approximate surface area is 177 Å². The first kappa shape index (κ1) is 22.1. The molecule has 0 radical (unpaired) electrons. The van der Waals surface area contributed by atoms with Gasteiger partial charge in [-0.25, -0.2) is 19.9 Å². The topological polar surface area (TPSA) is 81.1 Å². The van der Waals surface area contributed by atoms with Gasteiger partial charge < -0.3 is 9.64 Å². The molecule has 2 heterocycles. The normalized spacial score (nSPS) is 12.3. The molecule has 0 fully saturated rings. The Kier molecular flexibility index (Phi) is 6.78. The summed E-state index contributed by atoms with van der Waals surface area (Å²) in [5, 5.41) is 0. The van der Waals surface area contributed by atoms with E-state index >= 15 is 0 Å². The lowest BCUT2D eigenvalue weighted by Crippen LogP contribution is -2.42. The quantitative estimate of drug-likeness (QED) is 0.565. The fourth-order valence-corrected chi connectivity index (χ4v) is 2.94. The van der Waals surface area contributed by atoms with Crippen molar-refractivity contribution in [2.75, 3.05) is 13.2 Å². The predicted molar refractivity (Wildman–Crippen MR) is 106 cm³/mol. The first-order valence-corrected chi connectivity index (χ1v) is 9.50. The highest BCUT2D eigenvalue weighted by molar-refractivity contribution is 6.00. The molecule has 0 aliphatic carbocycles. The molecule has 2 aromatic heterocycles. The predicted octanol–water partition coefficient (Wildman–Crippen LogP) is 3.88. The zero-order valence-electron chi connectivity index (χ0n) is 16.9. The zero-order chi connectivity index (χ0) is 22.4. The molecule has 3 aromatic rings. The maximum atomic E-state index is 13.2. The molecule has 0 aliphatic rings. The molecule has 0 bridgehead atoms. The van der Waals surface area contributed by atoms with Crippen LogP contribution in [0.1, 0.15) is 29.8 Å². The SMILES string of the molecule is CCN(C(=O)c1ccccc1-c1ncccn1)[C@@H](C)COc1ncc(C(F)(F)F)cn1. The lowest BCUT2D eigenvalue weighted by atomic mass is 10.0. The maximum absolute atomic E-state index is 13.2. The minimum Gasteiger partial charge on any atom is -0.461 e. The van der Waals surface area contributed by atoms with E-state index in [1.54, 1.807) is 54.5 Å². The molecule has 0 aliphatic heterocycles. The van der Waals surface area contributed by atoms with Crippen molar-refractivity contribution in [1.29, 1.82) is 0 Å². The molecular formula is C21H20F3N5O2. The number of likely N-dealkylation sites (N-methyl/N-ethyl adjacent to an activating group) is 1. The number of alkyl halides is 3. The first-order valence-electron chi connectivity index (χ1n) is 9.50. The number of halogens is 3. The van der Waals surface area contributed by atoms with E-state index < -0.39 is 17.8 Å². The molecule has 0 saturated heterocycles. The van der Waals surface area contributed by atoms with Crippen molar-refractivity contribution in [2.24, 2.45) is 0 Å². The van der Waals surface area contributed by atoms with Gasteiger partial charge in [0.15, 0.2) is 5.82 Å². The summed E-state index contributed by atoms with van der Waals surface area (Å²) in [5.41, 5.74) is 0.0805. The minimum atomic E-state index is -4.52. The van der Waals surface area contributed by atoms with E-state index in [2.05, 4.69) is 19.9 Å². The van der Waals surface area contributed by atoms with E-state index in [0.717, 1.165) is 0 Å². The molecule has 162 valence electrons. The van der Waals surface area contributed by atoms with Gasteiger partial charge in [0, 0.05) is 36.9 Å². The molecule has 1 aromatic carbocycles. The molecule has 7 nitrogen and oxygen atoms in total. The van der Waals surface area contributed by atoms with E-state index in [4.69, 9.17) is 4.74 Å². The molecular weight excluding hydrogens is 411 g/mol. The van der Waals surface area contributed by atoms with E-state index in [0.29, 0.717) is 35.9 Å². The van der Waals surface area contributed by atoms with Crippen LogP contribution in [-0.2, 0) is 6.18 Å². The van der Waals surface area contributed by atoms with Crippen LogP contribution >= 0.6 is 0 Å². The highest BCUT2D eigenvalue weighted by Crippen LogP contribution is 2.28. The number of amides is 1. The number of carbonyl (C=O) groups is 1. The van der Waals surface area contributed by atoms with Crippen molar-refractivity contribution in [3.05, 3.63) is 66.2 Å². The molecule has 3 rings (SSSR count). The summed E-state index contributed by atoms with van der Waals surface area (Å²) in [6, 6.07) is 8.12. The van der Waals surface area contributed by atoms with Crippen LogP contribution < -0.4 is 4.74 Å². The van der Waals surface area contributed by atoms with Crippen molar-refractivity contribution in [3.8, 4) is 17.4 Å². The van der Waals surface area contributed by atoms with Crippen LogP contribution in [0.4, 0.5) is 13.2 Å². The van der Waals surface area contributed by atoms with Crippen LogP contribution in [-0.4, -0.2) is 49.9 Å². The summed E-state index contributed by atoms with van der Waals surface area (Å²) < 4.78 is 43.3.